The first-order valence-electron chi connectivity index (χ1n) is 10.5. The molecule has 4 aromatic rings. The number of amidine groups is 1. The van der Waals surface area contributed by atoms with Gasteiger partial charge >= 0.3 is 0 Å². The van der Waals surface area contributed by atoms with Crippen LogP contribution in [0.15, 0.2) is 59.3 Å². The smallest absolute Gasteiger partial charge is 0.289 e. The average Bonchev–Trinajstić information content (AvgIpc) is 3.51. The van der Waals surface area contributed by atoms with Crippen LogP contribution in [0.4, 0.5) is 17.2 Å². The molecule has 9 nitrogen and oxygen atoms in total. The lowest BCUT2D eigenvalue weighted by atomic mass is 10.2. The van der Waals surface area contributed by atoms with Crippen LogP contribution in [0.3, 0.4) is 0 Å². The van der Waals surface area contributed by atoms with E-state index in [4.69, 9.17) is 21.1 Å². The molecule has 0 spiro atoms. The Kier molecular flexibility index (Phi) is 6.43. The Bertz CT molecular complexity index is 1330. The third-order valence-electron chi connectivity index (χ3n) is 5.15. The predicted octanol–water partition coefficient (Wildman–Crippen LogP) is 4.61. The van der Waals surface area contributed by atoms with Gasteiger partial charge in [0.1, 0.15) is 42.2 Å². The fourth-order valence-corrected chi connectivity index (χ4v) is 4.12. The van der Waals surface area contributed by atoms with Crippen LogP contribution in [0.1, 0.15) is 11.9 Å². The van der Waals surface area contributed by atoms with Crippen LogP contribution in [0.5, 0.6) is 5.75 Å². The second kappa shape index (κ2) is 9.80. The molecule has 2 aromatic heterocycles. The molecule has 3 N–H and O–H groups in total. The van der Waals surface area contributed by atoms with Gasteiger partial charge in [0.25, 0.3) is 6.02 Å². The minimum absolute atomic E-state index is 0.276. The summed E-state index contributed by atoms with van der Waals surface area (Å²) >= 11 is 7.97. The Hall–Kier alpha value is -3.47. The first kappa shape index (κ1) is 22.3. The Labute approximate surface area is 204 Å². The number of hydrogen-bond donors (Lipinski definition) is 3. The molecule has 0 bridgehead atoms. The molecule has 2 atom stereocenters. The molecule has 2 aromatic carbocycles. The van der Waals surface area contributed by atoms with Crippen molar-refractivity contribution in [3.63, 3.8) is 0 Å². The van der Waals surface area contributed by atoms with Crippen molar-refractivity contribution in [1.82, 2.24) is 15.0 Å². The highest BCUT2D eigenvalue weighted by atomic mass is 35.5. The lowest BCUT2D eigenvalue weighted by molar-refractivity contribution is 0.145. The van der Waals surface area contributed by atoms with Gasteiger partial charge in [0.05, 0.1) is 16.6 Å². The van der Waals surface area contributed by atoms with E-state index in [-0.39, 0.29) is 6.04 Å². The molecule has 5 rings (SSSR count). The first-order valence-corrected chi connectivity index (χ1v) is 11.8. The van der Waals surface area contributed by atoms with Gasteiger partial charge in [0, 0.05) is 28.3 Å². The molecular weight excluding hydrogens is 476 g/mol. The van der Waals surface area contributed by atoms with Gasteiger partial charge in [-0.1, -0.05) is 11.6 Å². The zero-order valence-corrected chi connectivity index (χ0v) is 19.7. The van der Waals surface area contributed by atoms with Crippen LogP contribution in [-0.2, 0) is 11.3 Å². The summed E-state index contributed by atoms with van der Waals surface area (Å²) in [6.07, 6.45) is 2.67. The number of aliphatic hydroxyl groups excluding tert-OH is 1. The molecule has 0 saturated heterocycles. The van der Waals surface area contributed by atoms with Crippen molar-refractivity contribution in [2.75, 3.05) is 17.2 Å². The SMILES string of the molecule is CC(O)C1COC(Nc2ccc3ncnc(Nc4ccc(OCc5nccs5)c(Cl)c4)c3c2)=N1. The van der Waals surface area contributed by atoms with E-state index in [0.717, 1.165) is 27.3 Å². The number of aliphatic imine (C=N–C) groups is 1. The lowest BCUT2D eigenvalue weighted by Crippen LogP contribution is -2.21. The zero-order valence-electron chi connectivity index (χ0n) is 18.1. The van der Waals surface area contributed by atoms with Crippen molar-refractivity contribution < 1.29 is 14.6 Å². The Morgan fingerprint density at radius 3 is 2.79 bits per heavy atom. The maximum Gasteiger partial charge on any atom is 0.289 e. The fraction of sp³-hybridized carbons (Fsp3) is 0.217. The van der Waals surface area contributed by atoms with Crippen molar-refractivity contribution in [2.45, 2.75) is 25.7 Å². The zero-order chi connectivity index (χ0) is 23.5. The Morgan fingerprint density at radius 2 is 2.03 bits per heavy atom. The van der Waals surface area contributed by atoms with Crippen LogP contribution in [0.25, 0.3) is 10.9 Å². The quantitative estimate of drug-likeness (QED) is 0.340. The van der Waals surface area contributed by atoms with E-state index >= 15 is 0 Å². The minimum atomic E-state index is -0.573. The summed E-state index contributed by atoms with van der Waals surface area (Å²) in [5.74, 6) is 1.20. The monoisotopic (exact) mass is 496 g/mol. The number of hydrogen-bond acceptors (Lipinski definition) is 10. The van der Waals surface area contributed by atoms with Gasteiger partial charge in [-0.25, -0.2) is 19.9 Å². The van der Waals surface area contributed by atoms with E-state index in [0.29, 0.717) is 35.8 Å². The maximum atomic E-state index is 9.70. The van der Waals surface area contributed by atoms with Crippen molar-refractivity contribution in [3.8, 4) is 5.75 Å². The highest BCUT2D eigenvalue weighted by Gasteiger charge is 2.23. The number of halogens is 1. The van der Waals surface area contributed by atoms with E-state index in [1.165, 1.54) is 17.7 Å². The molecule has 2 unspecified atom stereocenters. The average molecular weight is 497 g/mol. The third-order valence-corrected chi connectivity index (χ3v) is 6.20. The fourth-order valence-electron chi connectivity index (χ4n) is 3.36. The topological polar surface area (TPSA) is 114 Å². The summed E-state index contributed by atoms with van der Waals surface area (Å²) in [7, 11) is 0. The van der Waals surface area contributed by atoms with Crippen LogP contribution < -0.4 is 15.4 Å². The maximum absolute atomic E-state index is 9.70. The summed E-state index contributed by atoms with van der Waals surface area (Å²) in [6.45, 7) is 2.40. The molecular formula is C23H21ClN6O3S. The molecule has 0 aliphatic carbocycles. The standard InChI is InChI=1S/C23H21ClN6O3S/c1-13(31)19-10-33-23(30-19)29-14-2-4-18-16(8-14)22(27-12-26-18)28-15-3-5-20(17(24)9-15)32-11-21-25-6-7-34-21/h2-9,12-13,19,31H,10-11H2,1H3,(H,29,30)(H,26,27,28). The molecule has 11 heteroatoms. The van der Waals surface area contributed by atoms with Crippen molar-refractivity contribution in [1.29, 1.82) is 0 Å². The van der Waals surface area contributed by atoms with Gasteiger partial charge < -0.3 is 25.2 Å². The number of anilines is 3. The number of aliphatic hydroxyl groups is 1. The molecule has 0 saturated carbocycles. The summed E-state index contributed by atoms with van der Waals surface area (Å²) in [5.41, 5.74) is 2.29. The molecule has 0 fully saturated rings. The van der Waals surface area contributed by atoms with Crippen LogP contribution in [0, 0.1) is 0 Å². The number of nitrogens with one attached hydrogen (secondary N) is 2. The summed E-state index contributed by atoms with van der Waals surface area (Å²) < 4.78 is 11.3. The van der Waals surface area contributed by atoms with Gasteiger partial charge in [-0.3, -0.25) is 0 Å². The highest BCUT2D eigenvalue weighted by Crippen LogP contribution is 2.31. The lowest BCUT2D eigenvalue weighted by Gasteiger charge is -2.12. The van der Waals surface area contributed by atoms with Crippen molar-refractivity contribution in [3.05, 3.63) is 64.3 Å². The van der Waals surface area contributed by atoms with Gasteiger partial charge in [0.2, 0.25) is 0 Å². The van der Waals surface area contributed by atoms with Crippen LogP contribution in [-0.4, -0.2) is 44.8 Å². The normalized spacial score (nSPS) is 16.1. The summed E-state index contributed by atoms with van der Waals surface area (Å²) in [4.78, 5) is 17.3. The van der Waals surface area contributed by atoms with Crippen LogP contribution >= 0.6 is 22.9 Å². The molecule has 3 heterocycles. The Balaban J connectivity index is 1.33. The van der Waals surface area contributed by atoms with E-state index < -0.39 is 6.10 Å². The number of thiazole rings is 1. The van der Waals surface area contributed by atoms with Crippen molar-refractivity contribution in [2.24, 2.45) is 4.99 Å². The number of benzene rings is 2. The number of ether oxygens (including phenoxy) is 2. The first-order chi connectivity index (χ1) is 16.5. The van der Waals surface area contributed by atoms with E-state index in [2.05, 4.69) is 30.6 Å². The van der Waals surface area contributed by atoms with E-state index in [9.17, 15) is 5.11 Å². The third kappa shape index (κ3) is 5.04. The van der Waals surface area contributed by atoms with Crippen molar-refractivity contribution >= 4 is 57.1 Å². The summed E-state index contributed by atoms with van der Waals surface area (Å²) in [6, 6.07) is 11.2. The molecule has 0 amide bonds. The number of aromatic nitrogens is 3. The molecule has 0 radical (unpaired) electrons. The summed E-state index contributed by atoms with van der Waals surface area (Å²) in [5, 5.41) is 20.2. The number of rotatable bonds is 7. The molecule has 34 heavy (non-hydrogen) atoms. The number of nitrogens with zero attached hydrogens (tertiary/aromatic N) is 4. The molecule has 1 aliphatic heterocycles. The number of fused-ring (bicyclic) bond motifs is 1. The Morgan fingerprint density at radius 1 is 1.18 bits per heavy atom. The molecule has 174 valence electrons. The van der Waals surface area contributed by atoms with Crippen LogP contribution in [0.2, 0.25) is 5.02 Å². The largest absolute Gasteiger partial charge is 0.485 e. The second-order valence-corrected chi connectivity index (χ2v) is 9.00. The van der Waals surface area contributed by atoms with Gasteiger partial charge in [-0.05, 0) is 43.3 Å². The predicted molar refractivity (Wildman–Crippen MR) is 133 cm³/mol. The highest BCUT2D eigenvalue weighted by molar-refractivity contribution is 7.09. The van der Waals surface area contributed by atoms with Gasteiger partial charge in [-0.15, -0.1) is 11.3 Å². The van der Waals surface area contributed by atoms with E-state index in [1.807, 2.05) is 35.7 Å². The second-order valence-electron chi connectivity index (χ2n) is 7.62. The van der Waals surface area contributed by atoms with E-state index in [1.54, 1.807) is 19.2 Å². The van der Waals surface area contributed by atoms with Gasteiger partial charge in [0.15, 0.2) is 0 Å². The van der Waals surface area contributed by atoms with Gasteiger partial charge in [-0.2, -0.15) is 0 Å². The molecule has 1 aliphatic rings. The minimum Gasteiger partial charge on any atom is -0.485 e.